The lowest BCUT2D eigenvalue weighted by Crippen LogP contribution is -2.99. The second kappa shape index (κ2) is 12.6. The van der Waals surface area contributed by atoms with Crippen LogP contribution < -0.4 is 10.6 Å². The Morgan fingerprint density at radius 1 is 1.00 bits per heavy atom. The zero-order valence-electron chi connectivity index (χ0n) is 25.1. The lowest BCUT2D eigenvalue weighted by molar-refractivity contribution is -0.713. The predicted octanol–water partition coefficient (Wildman–Crippen LogP) is 2.64. The molecule has 0 bridgehead atoms. The molecule has 6 rings (SSSR count). The molecule has 226 valence electrons. The Balaban J connectivity index is 1.05. The number of carbonyl (C=O) groups is 2. The monoisotopic (exact) mass is 560 g/mol. The number of fused-ring (bicyclic) bond motifs is 5. The molecule has 0 aromatic carbocycles. The molecule has 3 heterocycles. The second-order valence-electron chi connectivity index (χ2n) is 14.1. The molecule has 40 heavy (non-hydrogen) atoms. The molecular weight excluding hydrogens is 506 g/mol. The van der Waals surface area contributed by atoms with Crippen LogP contribution in [0.3, 0.4) is 0 Å². The average Bonchev–Trinajstić information content (AvgIpc) is 3.32. The van der Waals surface area contributed by atoms with Crippen molar-refractivity contribution in [3.63, 3.8) is 0 Å². The third-order valence-electron chi connectivity index (χ3n) is 12.0. The molecule has 0 aromatic rings. The number of methoxy groups -OCH3 is 2. The molecule has 3 N–H and O–H groups in total. The number of carbonyl (C=O) groups excluding carboxylic acids is 2. The molecule has 8 nitrogen and oxygen atoms in total. The van der Waals surface area contributed by atoms with Gasteiger partial charge in [-0.15, -0.1) is 0 Å². The fourth-order valence-electron chi connectivity index (χ4n) is 10.2. The van der Waals surface area contributed by atoms with Crippen molar-refractivity contribution in [2.24, 2.45) is 29.6 Å². The standard InChI is InChI=1S/C32H53N3O5/c1-19(9-10-20-7-5-4-6-8-20)34-27(36)18-40-21-11-13-25-24(17-21)22-15-16-33-29-23-12-14-26(38-2)31(39-3)28(23)32(37)35(25)30(22)29/h19-26,28-31,33H,4-18H2,1-3H3,(H,34,36)/p+1/t19-,21?,22?,23?,24?,25?,26?,28?,29?,30?,31?/m0/s1. The molecule has 6 fully saturated rings. The summed E-state index contributed by atoms with van der Waals surface area (Å²) >= 11 is 0. The molecule has 8 heteroatoms. The molecule has 3 aliphatic carbocycles. The van der Waals surface area contributed by atoms with Crippen LogP contribution in [0, 0.1) is 29.6 Å². The van der Waals surface area contributed by atoms with Gasteiger partial charge in [-0.1, -0.05) is 32.1 Å². The summed E-state index contributed by atoms with van der Waals surface area (Å²) in [4.78, 5) is 29.3. The minimum Gasteiger partial charge on any atom is -0.379 e. The maximum atomic E-state index is 14.2. The summed E-state index contributed by atoms with van der Waals surface area (Å²) in [6.07, 6.45) is 15.1. The first-order chi connectivity index (χ1) is 19.5. The highest BCUT2D eigenvalue weighted by Gasteiger charge is 2.66. The largest absolute Gasteiger partial charge is 0.379 e. The quantitative estimate of drug-likeness (QED) is 0.452. The Bertz CT molecular complexity index is 896. The van der Waals surface area contributed by atoms with E-state index in [1.807, 2.05) is 0 Å². The first-order valence-electron chi connectivity index (χ1n) is 16.6. The van der Waals surface area contributed by atoms with E-state index >= 15 is 0 Å². The summed E-state index contributed by atoms with van der Waals surface area (Å²) < 4.78 is 18.0. The fourth-order valence-corrected chi connectivity index (χ4v) is 10.2. The Morgan fingerprint density at radius 3 is 2.60 bits per heavy atom. The maximum absolute atomic E-state index is 14.2. The maximum Gasteiger partial charge on any atom is 0.246 e. The highest BCUT2D eigenvalue weighted by atomic mass is 16.5. The molecule has 3 saturated carbocycles. The number of hydrogen-bond donors (Lipinski definition) is 2. The van der Waals surface area contributed by atoms with Crippen LogP contribution in [0.1, 0.15) is 90.4 Å². The number of hydrogen-bond acceptors (Lipinski definition) is 5. The van der Waals surface area contributed by atoms with E-state index in [2.05, 4.69) is 22.5 Å². The minimum absolute atomic E-state index is 0.00482. The summed E-state index contributed by atoms with van der Waals surface area (Å²) in [5.41, 5.74) is 0. The Morgan fingerprint density at radius 2 is 1.82 bits per heavy atom. The number of rotatable bonds is 9. The molecule has 3 aliphatic heterocycles. The summed E-state index contributed by atoms with van der Waals surface area (Å²) in [6.45, 7) is 3.42. The van der Waals surface area contributed by atoms with Crippen molar-refractivity contribution >= 4 is 11.8 Å². The van der Waals surface area contributed by atoms with Gasteiger partial charge in [-0.2, -0.15) is 0 Å². The zero-order chi connectivity index (χ0) is 27.8. The zero-order valence-corrected chi connectivity index (χ0v) is 25.1. The predicted molar refractivity (Wildman–Crippen MR) is 151 cm³/mol. The van der Waals surface area contributed by atoms with Gasteiger partial charge in [-0.3, -0.25) is 9.59 Å². The third-order valence-corrected chi connectivity index (χ3v) is 12.0. The summed E-state index contributed by atoms with van der Waals surface area (Å²) in [5.74, 6) is 2.47. The number of amides is 2. The molecule has 3 saturated heterocycles. The Kier molecular flexibility index (Phi) is 9.07. The number of quaternary nitrogens is 1. The number of ether oxygens (including phenoxy) is 3. The number of nitrogens with two attached hydrogens (primary N) is 1. The van der Waals surface area contributed by atoms with Crippen molar-refractivity contribution < 1.29 is 29.1 Å². The van der Waals surface area contributed by atoms with Gasteiger partial charge in [0.05, 0.1) is 36.8 Å². The Labute approximate surface area is 241 Å². The molecule has 0 radical (unpaired) electrons. The van der Waals surface area contributed by atoms with Gasteiger partial charge in [-0.25, -0.2) is 0 Å². The van der Waals surface area contributed by atoms with Crippen molar-refractivity contribution in [2.45, 2.75) is 133 Å². The lowest BCUT2D eigenvalue weighted by atomic mass is 9.64. The smallest absolute Gasteiger partial charge is 0.246 e. The molecule has 0 aromatic heterocycles. The molecule has 6 aliphatic rings. The van der Waals surface area contributed by atoms with Crippen molar-refractivity contribution in [2.75, 3.05) is 27.4 Å². The van der Waals surface area contributed by atoms with E-state index in [1.165, 1.54) is 44.9 Å². The fraction of sp³-hybridized carbons (Fsp3) is 0.938. The van der Waals surface area contributed by atoms with Gasteiger partial charge in [0.2, 0.25) is 11.8 Å². The lowest BCUT2D eigenvalue weighted by Gasteiger charge is -2.53. The van der Waals surface area contributed by atoms with Crippen LogP contribution in [0.5, 0.6) is 0 Å². The highest BCUT2D eigenvalue weighted by Crippen LogP contribution is 2.53. The van der Waals surface area contributed by atoms with E-state index in [4.69, 9.17) is 14.2 Å². The van der Waals surface area contributed by atoms with Gasteiger partial charge in [0.1, 0.15) is 12.6 Å². The number of nitrogens with zero attached hydrogens (tertiary/aromatic N) is 1. The molecular formula is C32H54N3O5+. The third kappa shape index (κ3) is 5.47. The van der Waals surface area contributed by atoms with Gasteiger partial charge in [0, 0.05) is 38.6 Å². The van der Waals surface area contributed by atoms with Gasteiger partial charge >= 0.3 is 0 Å². The number of nitrogens with one attached hydrogen (secondary N) is 1. The SMILES string of the molecule is COC1CCC2C3[NH2+]CCC4C5CC(OCC(=O)N[C@@H](C)CCC6CCCCC6)CCC5N(C(=O)C2C1OC)C43. The van der Waals surface area contributed by atoms with Crippen LogP contribution in [-0.2, 0) is 23.8 Å². The van der Waals surface area contributed by atoms with E-state index in [9.17, 15) is 9.59 Å². The van der Waals surface area contributed by atoms with Crippen LogP contribution in [0.2, 0.25) is 0 Å². The van der Waals surface area contributed by atoms with Crippen molar-refractivity contribution in [1.82, 2.24) is 10.2 Å². The molecule has 2 amide bonds. The van der Waals surface area contributed by atoms with E-state index in [1.54, 1.807) is 14.2 Å². The van der Waals surface area contributed by atoms with Gasteiger partial charge < -0.3 is 29.7 Å². The average molecular weight is 561 g/mol. The summed E-state index contributed by atoms with van der Waals surface area (Å²) in [6, 6.07) is 1.30. The highest BCUT2D eigenvalue weighted by molar-refractivity contribution is 5.82. The molecule has 11 atom stereocenters. The first kappa shape index (κ1) is 28.9. The van der Waals surface area contributed by atoms with Crippen molar-refractivity contribution in [3.05, 3.63) is 0 Å². The minimum atomic E-state index is -0.159. The van der Waals surface area contributed by atoms with Crippen LogP contribution in [0.25, 0.3) is 0 Å². The first-order valence-corrected chi connectivity index (χ1v) is 16.6. The van der Waals surface area contributed by atoms with Crippen LogP contribution in [0.4, 0.5) is 0 Å². The normalized spacial score (nSPS) is 42.1. The van der Waals surface area contributed by atoms with E-state index < -0.39 is 0 Å². The number of piperidine rings is 2. The Hall–Kier alpha value is -1.22. The topological polar surface area (TPSA) is 93.7 Å². The summed E-state index contributed by atoms with van der Waals surface area (Å²) in [5, 5.41) is 5.73. The van der Waals surface area contributed by atoms with E-state index in [0.29, 0.717) is 41.8 Å². The summed E-state index contributed by atoms with van der Waals surface area (Å²) in [7, 11) is 3.50. The van der Waals surface area contributed by atoms with Gasteiger partial charge in [-0.05, 0) is 69.6 Å². The molecule has 0 spiro atoms. The molecule has 10 unspecified atom stereocenters. The van der Waals surface area contributed by atoms with E-state index in [0.717, 1.165) is 51.0 Å². The van der Waals surface area contributed by atoms with Gasteiger partial charge in [0.15, 0.2) is 0 Å². The van der Waals surface area contributed by atoms with Crippen LogP contribution in [0.15, 0.2) is 0 Å². The second-order valence-corrected chi connectivity index (χ2v) is 14.1. The van der Waals surface area contributed by atoms with Crippen molar-refractivity contribution in [1.29, 1.82) is 0 Å². The van der Waals surface area contributed by atoms with Gasteiger partial charge in [0.25, 0.3) is 0 Å². The van der Waals surface area contributed by atoms with Crippen LogP contribution >= 0.6 is 0 Å². The van der Waals surface area contributed by atoms with Crippen molar-refractivity contribution in [3.8, 4) is 0 Å². The van der Waals surface area contributed by atoms with E-state index in [-0.39, 0.29) is 42.8 Å². The van der Waals surface area contributed by atoms with Crippen LogP contribution in [-0.4, -0.2) is 86.6 Å².